The zero-order valence-electron chi connectivity index (χ0n) is 9.51. The molecule has 0 N–H and O–H groups in total. The smallest absolute Gasteiger partial charge is 0.248 e. The maximum atomic E-state index is 11.7. The minimum Gasteiger partial charge on any atom is -0.273 e. The molecule has 0 aliphatic carbocycles. The lowest BCUT2D eigenvalue weighted by atomic mass is 10.1. The molecule has 2 aliphatic rings. The number of hydrogen-bond acceptors (Lipinski definition) is 4. The van der Waals surface area contributed by atoms with Crippen LogP contribution in [0.25, 0.3) is 0 Å². The van der Waals surface area contributed by atoms with Gasteiger partial charge in [0.15, 0.2) is 9.84 Å². The third kappa shape index (κ3) is 2.11. The van der Waals surface area contributed by atoms with Gasteiger partial charge in [-0.05, 0) is 12.3 Å². The number of carbonyl (C=O) groups excluding carboxylic acids is 1. The van der Waals surface area contributed by atoms with Gasteiger partial charge in [-0.3, -0.25) is 4.79 Å². The van der Waals surface area contributed by atoms with Gasteiger partial charge in [-0.1, -0.05) is 13.8 Å². The SMILES string of the molecule is CC(C)C1=NN(C2CCS(=O)(=O)C2)C(=O)C1. The lowest BCUT2D eigenvalue weighted by Gasteiger charge is -2.18. The molecule has 1 amide bonds. The third-order valence-corrected chi connectivity index (χ3v) is 4.80. The van der Waals surface area contributed by atoms with E-state index in [1.165, 1.54) is 5.01 Å². The van der Waals surface area contributed by atoms with Crippen LogP contribution in [0.5, 0.6) is 0 Å². The van der Waals surface area contributed by atoms with E-state index in [2.05, 4.69) is 5.10 Å². The van der Waals surface area contributed by atoms with E-state index >= 15 is 0 Å². The van der Waals surface area contributed by atoms with E-state index in [0.29, 0.717) is 12.8 Å². The molecule has 1 atom stereocenters. The van der Waals surface area contributed by atoms with Gasteiger partial charge in [0, 0.05) is 0 Å². The van der Waals surface area contributed by atoms with Crippen LogP contribution in [0.3, 0.4) is 0 Å². The Bertz CT molecular complexity index is 439. The Morgan fingerprint density at radius 1 is 1.44 bits per heavy atom. The first kappa shape index (κ1) is 11.6. The second kappa shape index (κ2) is 3.84. The van der Waals surface area contributed by atoms with E-state index in [1.807, 2.05) is 13.8 Å². The van der Waals surface area contributed by atoms with Crippen LogP contribution in [0.2, 0.25) is 0 Å². The quantitative estimate of drug-likeness (QED) is 0.707. The predicted octanol–water partition coefficient (Wildman–Crippen LogP) is 0.418. The highest BCUT2D eigenvalue weighted by atomic mass is 32.2. The molecule has 2 heterocycles. The number of hydrogen-bond donors (Lipinski definition) is 0. The summed E-state index contributed by atoms with van der Waals surface area (Å²) in [6.07, 6.45) is 0.858. The van der Waals surface area contributed by atoms with Crippen LogP contribution in [0.4, 0.5) is 0 Å². The van der Waals surface area contributed by atoms with Crippen molar-refractivity contribution in [3.63, 3.8) is 0 Å². The number of hydrazone groups is 1. The van der Waals surface area contributed by atoms with E-state index in [4.69, 9.17) is 0 Å². The lowest BCUT2D eigenvalue weighted by Crippen LogP contribution is -2.33. The maximum absolute atomic E-state index is 11.7. The van der Waals surface area contributed by atoms with Crippen molar-refractivity contribution in [3.05, 3.63) is 0 Å². The zero-order valence-corrected chi connectivity index (χ0v) is 10.3. The first-order chi connectivity index (χ1) is 7.39. The minimum absolute atomic E-state index is 0.0631. The first-order valence-corrected chi connectivity index (χ1v) is 7.31. The van der Waals surface area contributed by atoms with E-state index in [-0.39, 0.29) is 29.4 Å². The van der Waals surface area contributed by atoms with E-state index < -0.39 is 9.84 Å². The van der Waals surface area contributed by atoms with Crippen molar-refractivity contribution in [3.8, 4) is 0 Å². The molecule has 5 nitrogen and oxygen atoms in total. The van der Waals surface area contributed by atoms with Crippen LogP contribution in [0.1, 0.15) is 26.7 Å². The molecular weight excluding hydrogens is 228 g/mol. The molecule has 1 saturated heterocycles. The molecule has 1 unspecified atom stereocenters. The highest BCUT2D eigenvalue weighted by molar-refractivity contribution is 7.91. The molecule has 1 fully saturated rings. The summed E-state index contributed by atoms with van der Waals surface area (Å²) in [6, 6.07) is -0.242. The maximum Gasteiger partial charge on any atom is 0.248 e. The lowest BCUT2D eigenvalue weighted by molar-refractivity contribution is -0.130. The second-order valence-electron chi connectivity index (χ2n) is 4.72. The molecule has 0 radical (unpaired) electrons. The largest absolute Gasteiger partial charge is 0.273 e. The molecule has 0 bridgehead atoms. The molecule has 6 heteroatoms. The Morgan fingerprint density at radius 2 is 2.12 bits per heavy atom. The fraction of sp³-hybridized carbons (Fsp3) is 0.800. The first-order valence-electron chi connectivity index (χ1n) is 5.49. The van der Waals surface area contributed by atoms with Crippen LogP contribution >= 0.6 is 0 Å². The van der Waals surface area contributed by atoms with Crippen molar-refractivity contribution in [2.24, 2.45) is 11.0 Å². The average molecular weight is 244 g/mol. The molecule has 0 saturated carbocycles. The summed E-state index contributed by atoms with van der Waals surface area (Å²) in [5.74, 6) is 0.416. The van der Waals surface area contributed by atoms with Gasteiger partial charge >= 0.3 is 0 Å². The van der Waals surface area contributed by atoms with Crippen molar-refractivity contribution in [2.45, 2.75) is 32.7 Å². The van der Waals surface area contributed by atoms with Gasteiger partial charge in [0.05, 0.1) is 29.7 Å². The molecular formula is C10H16N2O3S. The van der Waals surface area contributed by atoms with Crippen molar-refractivity contribution >= 4 is 21.5 Å². The summed E-state index contributed by atoms with van der Waals surface area (Å²) < 4.78 is 22.7. The Morgan fingerprint density at radius 3 is 2.56 bits per heavy atom. The molecule has 0 aromatic heterocycles. The summed E-state index contributed by atoms with van der Waals surface area (Å²) in [6.45, 7) is 3.97. The van der Waals surface area contributed by atoms with Gasteiger partial charge in [-0.15, -0.1) is 0 Å². The van der Waals surface area contributed by atoms with Crippen LogP contribution in [-0.2, 0) is 14.6 Å². The van der Waals surface area contributed by atoms with Gasteiger partial charge in [-0.25, -0.2) is 13.4 Å². The van der Waals surface area contributed by atoms with E-state index in [1.54, 1.807) is 0 Å². The van der Waals surface area contributed by atoms with E-state index in [0.717, 1.165) is 5.71 Å². The molecule has 0 spiro atoms. The Labute approximate surface area is 95.4 Å². The van der Waals surface area contributed by atoms with E-state index in [9.17, 15) is 13.2 Å². The predicted molar refractivity (Wildman–Crippen MR) is 60.8 cm³/mol. The minimum atomic E-state index is -2.96. The number of nitrogens with zero attached hydrogens (tertiary/aromatic N) is 2. The summed E-state index contributed by atoms with van der Waals surface area (Å²) in [4.78, 5) is 11.7. The van der Waals surface area contributed by atoms with Gasteiger partial charge in [0.2, 0.25) is 5.91 Å². The number of carbonyl (C=O) groups is 1. The Hall–Kier alpha value is -0.910. The molecule has 16 heavy (non-hydrogen) atoms. The molecule has 0 aromatic carbocycles. The van der Waals surface area contributed by atoms with Gasteiger partial charge in [0.1, 0.15) is 0 Å². The second-order valence-corrected chi connectivity index (χ2v) is 6.95. The molecule has 0 aromatic rings. The number of rotatable bonds is 2. The molecule has 90 valence electrons. The Kier molecular flexibility index (Phi) is 2.77. The molecule has 2 rings (SSSR count). The Balaban J connectivity index is 2.14. The highest BCUT2D eigenvalue weighted by Crippen LogP contribution is 2.23. The van der Waals surface area contributed by atoms with Gasteiger partial charge in [-0.2, -0.15) is 5.10 Å². The normalized spacial score (nSPS) is 28.9. The third-order valence-electron chi connectivity index (χ3n) is 3.04. The van der Waals surface area contributed by atoms with Crippen molar-refractivity contribution < 1.29 is 13.2 Å². The van der Waals surface area contributed by atoms with Gasteiger partial charge in [0.25, 0.3) is 0 Å². The van der Waals surface area contributed by atoms with Gasteiger partial charge < -0.3 is 0 Å². The topological polar surface area (TPSA) is 66.8 Å². The summed E-state index contributed by atoms with van der Waals surface area (Å²) >= 11 is 0. The number of amides is 1. The fourth-order valence-corrected chi connectivity index (χ4v) is 3.73. The average Bonchev–Trinajstić information content (AvgIpc) is 2.69. The van der Waals surface area contributed by atoms with Crippen molar-refractivity contribution in [1.82, 2.24) is 5.01 Å². The van der Waals surface area contributed by atoms with Crippen LogP contribution in [-0.4, -0.2) is 42.6 Å². The van der Waals surface area contributed by atoms with Crippen molar-refractivity contribution in [2.75, 3.05) is 11.5 Å². The highest BCUT2D eigenvalue weighted by Gasteiger charge is 2.38. The monoisotopic (exact) mass is 244 g/mol. The summed E-state index contributed by atoms with van der Waals surface area (Å²) in [5.41, 5.74) is 0.856. The van der Waals surface area contributed by atoms with Crippen LogP contribution in [0, 0.1) is 5.92 Å². The molecule has 2 aliphatic heterocycles. The van der Waals surface area contributed by atoms with Crippen molar-refractivity contribution in [1.29, 1.82) is 0 Å². The van der Waals surface area contributed by atoms with Crippen LogP contribution < -0.4 is 0 Å². The summed E-state index contributed by atoms with van der Waals surface area (Å²) in [5, 5.41) is 5.64. The standard InChI is InChI=1S/C10H16N2O3S/c1-7(2)9-5-10(13)12(11-9)8-3-4-16(14,15)6-8/h7-8H,3-6H2,1-2H3. The fourth-order valence-electron chi connectivity index (χ4n) is 2.04. The summed E-state index contributed by atoms with van der Waals surface area (Å²) in [7, 11) is -2.96. The van der Waals surface area contributed by atoms with Crippen LogP contribution in [0.15, 0.2) is 5.10 Å². The number of sulfone groups is 1. The zero-order chi connectivity index (χ0) is 11.9.